The van der Waals surface area contributed by atoms with Crippen LogP contribution in [-0.2, 0) is 11.2 Å². The third-order valence-electron chi connectivity index (χ3n) is 5.03. The Morgan fingerprint density at radius 3 is 2.52 bits per heavy atom. The number of carbonyl (C=O) groups is 2. The van der Waals surface area contributed by atoms with E-state index in [-0.39, 0.29) is 11.8 Å². The highest BCUT2D eigenvalue weighted by atomic mass is 16.5. The van der Waals surface area contributed by atoms with Crippen molar-refractivity contribution < 1.29 is 19.1 Å². The van der Waals surface area contributed by atoms with Gasteiger partial charge in [-0.15, -0.1) is 0 Å². The van der Waals surface area contributed by atoms with Gasteiger partial charge >= 0.3 is 6.03 Å². The van der Waals surface area contributed by atoms with E-state index in [9.17, 15) is 9.59 Å². The lowest BCUT2D eigenvalue weighted by Gasteiger charge is -2.27. The average Bonchev–Trinajstić information content (AvgIpc) is 3.15. The molecule has 0 radical (unpaired) electrons. The Morgan fingerprint density at radius 1 is 1.07 bits per heavy atom. The Labute approximate surface area is 171 Å². The molecule has 7 nitrogen and oxygen atoms in total. The molecule has 1 aliphatic heterocycles. The van der Waals surface area contributed by atoms with Gasteiger partial charge in [-0.2, -0.15) is 0 Å². The normalized spacial score (nSPS) is 13.6. The number of fused-ring (bicyclic) bond motifs is 1. The van der Waals surface area contributed by atoms with Crippen LogP contribution in [0.2, 0.25) is 0 Å². The van der Waals surface area contributed by atoms with Crippen molar-refractivity contribution in [1.29, 1.82) is 0 Å². The number of anilines is 2. The molecule has 1 atom stereocenters. The molecule has 3 rings (SSSR count). The summed E-state index contributed by atoms with van der Waals surface area (Å²) in [7, 11) is 3.07. The molecule has 154 valence electrons. The molecule has 7 heteroatoms. The van der Waals surface area contributed by atoms with E-state index in [2.05, 4.69) is 10.6 Å². The van der Waals surface area contributed by atoms with E-state index in [0.717, 1.165) is 17.7 Å². The van der Waals surface area contributed by atoms with Crippen LogP contribution < -0.4 is 25.0 Å². The van der Waals surface area contributed by atoms with Crippen molar-refractivity contribution in [3.63, 3.8) is 0 Å². The van der Waals surface area contributed by atoms with Gasteiger partial charge in [0.25, 0.3) is 0 Å². The van der Waals surface area contributed by atoms with Crippen LogP contribution in [0.5, 0.6) is 11.5 Å². The Morgan fingerprint density at radius 2 is 1.83 bits per heavy atom. The van der Waals surface area contributed by atoms with Gasteiger partial charge in [0.15, 0.2) is 0 Å². The first-order chi connectivity index (χ1) is 13.9. The van der Waals surface area contributed by atoms with Crippen molar-refractivity contribution >= 4 is 23.3 Å². The molecule has 0 saturated carbocycles. The second-order valence-electron chi connectivity index (χ2n) is 7.25. The van der Waals surface area contributed by atoms with Crippen LogP contribution >= 0.6 is 0 Å². The predicted octanol–water partition coefficient (Wildman–Crippen LogP) is 3.44. The van der Waals surface area contributed by atoms with Crippen LogP contribution in [0.4, 0.5) is 16.2 Å². The van der Waals surface area contributed by atoms with Crippen molar-refractivity contribution in [2.75, 3.05) is 31.0 Å². The van der Waals surface area contributed by atoms with Gasteiger partial charge in [0, 0.05) is 18.3 Å². The molecule has 1 heterocycles. The maximum Gasteiger partial charge on any atom is 0.320 e. The lowest BCUT2D eigenvalue weighted by atomic mass is 10.0. The van der Waals surface area contributed by atoms with Gasteiger partial charge in [-0.1, -0.05) is 32.0 Å². The Kier molecular flexibility index (Phi) is 6.26. The Balaban J connectivity index is 1.74. The number of benzene rings is 2. The van der Waals surface area contributed by atoms with Crippen molar-refractivity contribution in [2.24, 2.45) is 5.92 Å². The zero-order valence-corrected chi connectivity index (χ0v) is 17.2. The zero-order valence-electron chi connectivity index (χ0n) is 17.2. The van der Waals surface area contributed by atoms with Gasteiger partial charge < -0.3 is 25.0 Å². The van der Waals surface area contributed by atoms with Crippen LogP contribution in [0.15, 0.2) is 42.5 Å². The summed E-state index contributed by atoms with van der Waals surface area (Å²) < 4.78 is 10.5. The molecule has 0 spiro atoms. The first-order valence-electron chi connectivity index (χ1n) is 9.63. The number of carbonyl (C=O) groups excluding carboxylic acids is 2. The molecule has 0 fully saturated rings. The SMILES string of the molecule is COc1ccc(OC)c(NC(=O)N[C@H](C(=O)N2CCc3ccccc32)C(C)C)c1. The van der Waals surface area contributed by atoms with E-state index < -0.39 is 12.1 Å². The molecular weight excluding hydrogens is 370 g/mol. The maximum atomic E-state index is 13.2. The summed E-state index contributed by atoms with van der Waals surface area (Å²) in [6, 6.07) is 11.9. The molecule has 0 unspecified atom stereocenters. The number of hydrogen-bond acceptors (Lipinski definition) is 4. The molecule has 0 aromatic heterocycles. The highest BCUT2D eigenvalue weighted by Gasteiger charge is 2.32. The molecule has 3 amide bonds. The minimum Gasteiger partial charge on any atom is -0.497 e. The quantitative estimate of drug-likeness (QED) is 0.783. The third-order valence-corrected chi connectivity index (χ3v) is 5.03. The number of nitrogens with one attached hydrogen (secondary N) is 2. The van der Waals surface area contributed by atoms with Crippen molar-refractivity contribution in [3.05, 3.63) is 48.0 Å². The minimum absolute atomic E-state index is 0.0757. The molecule has 0 saturated heterocycles. The van der Waals surface area contributed by atoms with Gasteiger partial charge in [-0.25, -0.2) is 4.79 Å². The molecule has 1 aliphatic rings. The van der Waals surface area contributed by atoms with E-state index >= 15 is 0 Å². The third kappa shape index (κ3) is 4.45. The molecule has 0 aliphatic carbocycles. The summed E-state index contributed by atoms with van der Waals surface area (Å²) in [5.41, 5.74) is 2.53. The number of nitrogens with zero attached hydrogens (tertiary/aromatic N) is 1. The van der Waals surface area contributed by atoms with E-state index in [0.29, 0.717) is 23.7 Å². The summed E-state index contributed by atoms with van der Waals surface area (Å²) in [4.78, 5) is 27.6. The molecule has 0 bridgehead atoms. The monoisotopic (exact) mass is 397 g/mol. The smallest absolute Gasteiger partial charge is 0.320 e. The first kappa shape index (κ1) is 20.5. The predicted molar refractivity (Wildman–Crippen MR) is 113 cm³/mol. The molecule has 2 aromatic carbocycles. The summed E-state index contributed by atoms with van der Waals surface area (Å²) in [5.74, 6) is 0.902. The number of amides is 3. The minimum atomic E-state index is -0.655. The standard InChI is InChI=1S/C22H27N3O4/c1-14(2)20(21(26)25-12-11-15-7-5-6-8-18(15)25)24-22(27)23-17-13-16(28-3)9-10-19(17)29-4/h5-10,13-14,20H,11-12H2,1-4H3,(H2,23,24,27)/t20-/m0/s1. The lowest BCUT2D eigenvalue weighted by molar-refractivity contribution is -0.121. The number of ether oxygens (including phenoxy) is 2. The average molecular weight is 397 g/mol. The topological polar surface area (TPSA) is 79.9 Å². The van der Waals surface area contributed by atoms with Gasteiger partial charge in [0.1, 0.15) is 17.5 Å². The largest absolute Gasteiger partial charge is 0.497 e. The number of hydrogen-bond donors (Lipinski definition) is 2. The van der Waals surface area contributed by atoms with Gasteiger partial charge in [0.05, 0.1) is 19.9 Å². The lowest BCUT2D eigenvalue weighted by Crippen LogP contribution is -2.52. The number of methoxy groups -OCH3 is 2. The zero-order chi connectivity index (χ0) is 21.0. The van der Waals surface area contributed by atoms with Crippen molar-refractivity contribution in [2.45, 2.75) is 26.3 Å². The van der Waals surface area contributed by atoms with E-state index in [1.165, 1.54) is 7.11 Å². The van der Waals surface area contributed by atoms with Crippen LogP contribution in [0, 0.1) is 5.92 Å². The van der Waals surface area contributed by atoms with E-state index in [4.69, 9.17) is 9.47 Å². The van der Waals surface area contributed by atoms with E-state index in [1.54, 1.807) is 30.2 Å². The highest BCUT2D eigenvalue weighted by Crippen LogP contribution is 2.30. The second-order valence-corrected chi connectivity index (χ2v) is 7.25. The summed E-state index contributed by atoms with van der Waals surface area (Å²) >= 11 is 0. The van der Waals surface area contributed by atoms with Crippen molar-refractivity contribution in [3.8, 4) is 11.5 Å². The van der Waals surface area contributed by atoms with Crippen LogP contribution in [0.1, 0.15) is 19.4 Å². The van der Waals surface area contributed by atoms with Crippen LogP contribution in [-0.4, -0.2) is 38.7 Å². The van der Waals surface area contributed by atoms with Crippen molar-refractivity contribution in [1.82, 2.24) is 5.32 Å². The molecule has 2 aromatic rings. The second kappa shape index (κ2) is 8.86. The summed E-state index contributed by atoms with van der Waals surface area (Å²) in [6.45, 7) is 4.45. The van der Waals surface area contributed by atoms with Gasteiger partial charge in [-0.3, -0.25) is 4.79 Å². The fourth-order valence-electron chi connectivity index (χ4n) is 3.46. The summed E-state index contributed by atoms with van der Waals surface area (Å²) in [6.07, 6.45) is 0.819. The number of para-hydroxylation sites is 1. The fraction of sp³-hybridized carbons (Fsp3) is 0.364. The van der Waals surface area contributed by atoms with Gasteiger partial charge in [-0.05, 0) is 36.1 Å². The summed E-state index contributed by atoms with van der Waals surface area (Å²) in [5, 5.41) is 5.58. The number of urea groups is 1. The van der Waals surface area contributed by atoms with Crippen LogP contribution in [0.3, 0.4) is 0 Å². The Hall–Kier alpha value is -3.22. The van der Waals surface area contributed by atoms with Crippen LogP contribution in [0.25, 0.3) is 0 Å². The van der Waals surface area contributed by atoms with E-state index in [1.807, 2.05) is 38.1 Å². The first-order valence-corrected chi connectivity index (χ1v) is 9.63. The molecular formula is C22H27N3O4. The molecule has 29 heavy (non-hydrogen) atoms. The Bertz CT molecular complexity index is 897. The van der Waals surface area contributed by atoms with Gasteiger partial charge in [0.2, 0.25) is 5.91 Å². The fourth-order valence-corrected chi connectivity index (χ4v) is 3.46. The number of rotatable bonds is 6. The highest BCUT2D eigenvalue weighted by molar-refractivity contribution is 6.02. The maximum absolute atomic E-state index is 13.2. The molecule has 2 N–H and O–H groups in total.